The monoisotopic (exact) mass is 279 g/mol. The Morgan fingerprint density at radius 2 is 1.81 bits per heavy atom. The van der Waals surface area contributed by atoms with Crippen LogP contribution in [0.3, 0.4) is 0 Å². The zero-order valence-electron chi connectivity index (χ0n) is 12.8. The van der Waals surface area contributed by atoms with E-state index < -0.39 is 0 Å². The van der Waals surface area contributed by atoms with Gasteiger partial charge in [0.15, 0.2) is 0 Å². The van der Waals surface area contributed by atoms with Gasteiger partial charge in [-0.25, -0.2) is 0 Å². The van der Waals surface area contributed by atoms with E-state index in [0.29, 0.717) is 0 Å². The summed E-state index contributed by atoms with van der Waals surface area (Å²) in [6.07, 6.45) is 0.956. The van der Waals surface area contributed by atoms with E-state index in [1.807, 2.05) is 20.9 Å². The Morgan fingerprint density at radius 1 is 1.05 bits per heavy atom. The molecule has 0 aliphatic heterocycles. The second kappa shape index (κ2) is 5.74. The Kier molecular flexibility index (Phi) is 3.80. The molecular formula is C19H21NO. The maximum Gasteiger partial charge on any atom is 0.105 e. The lowest BCUT2D eigenvalue weighted by Gasteiger charge is -2.17. The molecule has 1 N–H and O–H groups in total. The molecular weight excluding hydrogens is 258 g/mol. The molecule has 0 bridgehead atoms. The number of aryl methyl sites for hydroxylation is 2. The molecule has 2 heteroatoms. The van der Waals surface area contributed by atoms with Gasteiger partial charge in [0.25, 0.3) is 0 Å². The fraction of sp³-hybridized carbons (Fsp3) is 0.263. The highest BCUT2D eigenvalue weighted by molar-refractivity contribution is 5.85. The molecule has 0 saturated carbocycles. The van der Waals surface area contributed by atoms with E-state index in [1.165, 1.54) is 21.9 Å². The standard InChI is InChI=1S/C19H21NO/c1-13-11-18(14(2)21-13)19(20-3)12-16-9-6-8-15-7-4-5-10-17(15)16/h4-11,19-20H,12H2,1-3H3. The van der Waals surface area contributed by atoms with Crippen molar-refractivity contribution >= 4 is 10.8 Å². The molecule has 1 heterocycles. The second-order valence-electron chi connectivity index (χ2n) is 5.55. The Bertz CT molecular complexity index is 752. The lowest BCUT2D eigenvalue weighted by molar-refractivity contribution is 0.490. The van der Waals surface area contributed by atoms with Crippen LogP contribution in [-0.2, 0) is 6.42 Å². The first kappa shape index (κ1) is 13.9. The van der Waals surface area contributed by atoms with Gasteiger partial charge in [-0.2, -0.15) is 0 Å². The minimum atomic E-state index is 0.272. The molecule has 0 aliphatic rings. The average molecular weight is 279 g/mol. The summed E-state index contributed by atoms with van der Waals surface area (Å²) >= 11 is 0. The average Bonchev–Trinajstić information content (AvgIpc) is 2.83. The highest BCUT2D eigenvalue weighted by Gasteiger charge is 2.17. The second-order valence-corrected chi connectivity index (χ2v) is 5.55. The van der Waals surface area contributed by atoms with E-state index in [4.69, 9.17) is 4.42 Å². The Labute approximate surface area is 125 Å². The smallest absolute Gasteiger partial charge is 0.105 e. The normalized spacial score (nSPS) is 12.7. The predicted octanol–water partition coefficient (Wildman–Crippen LogP) is 4.55. The van der Waals surface area contributed by atoms with Crippen molar-refractivity contribution in [2.24, 2.45) is 0 Å². The van der Waals surface area contributed by atoms with Gasteiger partial charge < -0.3 is 9.73 Å². The van der Waals surface area contributed by atoms with E-state index >= 15 is 0 Å². The highest BCUT2D eigenvalue weighted by atomic mass is 16.3. The van der Waals surface area contributed by atoms with Crippen molar-refractivity contribution in [1.29, 1.82) is 0 Å². The van der Waals surface area contributed by atoms with Crippen LogP contribution in [-0.4, -0.2) is 7.05 Å². The van der Waals surface area contributed by atoms with Crippen molar-refractivity contribution in [3.63, 3.8) is 0 Å². The van der Waals surface area contributed by atoms with Crippen LogP contribution in [0.4, 0.5) is 0 Å². The number of likely N-dealkylation sites (N-methyl/N-ethyl adjacent to an activating group) is 1. The predicted molar refractivity (Wildman–Crippen MR) is 87.6 cm³/mol. The quantitative estimate of drug-likeness (QED) is 0.757. The molecule has 1 unspecified atom stereocenters. The number of nitrogens with one attached hydrogen (secondary N) is 1. The van der Waals surface area contributed by atoms with Crippen LogP contribution in [0, 0.1) is 13.8 Å². The number of hydrogen-bond acceptors (Lipinski definition) is 2. The molecule has 0 amide bonds. The molecule has 3 aromatic rings. The van der Waals surface area contributed by atoms with Gasteiger partial charge in [0.2, 0.25) is 0 Å². The van der Waals surface area contributed by atoms with Gasteiger partial charge in [-0.15, -0.1) is 0 Å². The molecule has 1 aromatic heterocycles. The molecule has 2 nitrogen and oxygen atoms in total. The molecule has 1 atom stereocenters. The molecule has 0 fully saturated rings. The zero-order valence-corrected chi connectivity index (χ0v) is 12.8. The zero-order chi connectivity index (χ0) is 14.8. The van der Waals surface area contributed by atoms with Crippen molar-refractivity contribution in [3.05, 3.63) is 71.2 Å². The van der Waals surface area contributed by atoms with Gasteiger partial charge in [0.05, 0.1) is 0 Å². The number of benzene rings is 2. The minimum absolute atomic E-state index is 0.272. The Balaban J connectivity index is 1.98. The fourth-order valence-electron chi connectivity index (χ4n) is 3.05. The molecule has 21 heavy (non-hydrogen) atoms. The number of rotatable bonds is 4. The molecule has 0 spiro atoms. The first-order valence-electron chi connectivity index (χ1n) is 7.40. The molecule has 0 radical (unpaired) electrons. The summed E-state index contributed by atoms with van der Waals surface area (Å²) < 4.78 is 5.68. The molecule has 0 saturated heterocycles. The molecule has 3 rings (SSSR count). The lowest BCUT2D eigenvalue weighted by atomic mass is 9.95. The summed E-state index contributed by atoms with van der Waals surface area (Å²) in [7, 11) is 2.01. The van der Waals surface area contributed by atoms with Gasteiger partial charge >= 0.3 is 0 Å². The fourth-order valence-corrected chi connectivity index (χ4v) is 3.05. The van der Waals surface area contributed by atoms with Crippen LogP contribution < -0.4 is 5.32 Å². The van der Waals surface area contributed by atoms with Crippen LogP contribution in [0.25, 0.3) is 10.8 Å². The van der Waals surface area contributed by atoms with Crippen LogP contribution in [0.15, 0.2) is 52.9 Å². The summed E-state index contributed by atoms with van der Waals surface area (Å²) in [5.41, 5.74) is 2.62. The maximum atomic E-state index is 5.68. The van der Waals surface area contributed by atoms with Crippen molar-refractivity contribution in [2.45, 2.75) is 26.3 Å². The molecule has 0 aliphatic carbocycles. The number of furan rings is 1. The van der Waals surface area contributed by atoms with Crippen molar-refractivity contribution in [1.82, 2.24) is 5.32 Å². The first-order chi connectivity index (χ1) is 10.2. The third-order valence-electron chi connectivity index (χ3n) is 4.11. The maximum absolute atomic E-state index is 5.68. The van der Waals surface area contributed by atoms with Gasteiger partial charge in [0.1, 0.15) is 11.5 Å². The van der Waals surface area contributed by atoms with Crippen molar-refractivity contribution < 1.29 is 4.42 Å². The molecule has 2 aromatic carbocycles. The van der Waals surface area contributed by atoms with E-state index in [1.54, 1.807) is 0 Å². The lowest BCUT2D eigenvalue weighted by Crippen LogP contribution is -2.19. The van der Waals surface area contributed by atoms with Crippen molar-refractivity contribution in [3.8, 4) is 0 Å². The van der Waals surface area contributed by atoms with Crippen LogP contribution in [0.2, 0.25) is 0 Å². The summed E-state index contributed by atoms with van der Waals surface area (Å²) in [4.78, 5) is 0. The van der Waals surface area contributed by atoms with E-state index in [0.717, 1.165) is 17.9 Å². The summed E-state index contributed by atoms with van der Waals surface area (Å²) in [5.74, 6) is 1.98. The van der Waals surface area contributed by atoms with Crippen LogP contribution >= 0.6 is 0 Å². The Hall–Kier alpha value is -2.06. The summed E-state index contributed by atoms with van der Waals surface area (Å²) in [6.45, 7) is 4.04. The third-order valence-corrected chi connectivity index (χ3v) is 4.11. The van der Waals surface area contributed by atoms with E-state index in [2.05, 4.69) is 53.8 Å². The Morgan fingerprint density at radius 3 is 2.52 bits per heavy atom. The highest BCUT2D eigenvalue weighted by Crippen LogP contribution is 2.27. The minimum Gasteiger partial charge on any atom is -0.466 e. The van der Waals surface area contributed by atoms with Gasteiger partial charge in [-0.05, 0) is 49.7 Å². The van der Waals surface area contributed by atoms with Crippen LogP contribution in [0.1, 0.15) is 28.7 Å². The van der Waals surface area contributed by atoms with Crippen molar-refractivity contribution in [2.75, 3.05) is 7.05 Å². The van der Waals surface area contributed by atoms with Gasteiger partial charge in [-0.1, -0.05) is 42.5 Å². The third kappa shape index (κ3) is 2.72. The van der Waals surface area contributed by atoms with E-state index in [-0.39, 0.29) is 6.04 Å². The topological polar surface area (TPSA) is 25.2 Å². The van der Waals surface area contributed by atoms with E-state index in [9.17, 15) is 0 Å². The van der Waals surface area contributed by atoms with Crippen LogP contribution in [0.5, 0.6) is 0 Å². The SMILES string of the molecule is CNC(Cc1cccc2ccccc12)c1cc(C)oc1C. The number of hydrogen-bond donors (Lipinski definition) is 1. The summed E-state index contributed by atoms with van der Waals surface area (Å²) in [6, 6.07) is 17.5. The van der Waals surface area contributed by atoms with Gasteiger partial charge in [0, 0.05) is 11.6 Å². The number of fused-ring (bicyclic) bond motifs is 1. The van der Waals surface area contributed by atoms with Gasteiger partial charge in [-0.3, -0.25) is 0 Å². The molecule has 108 valence electrons. The summed E-state index contributed by atoms with van der Waals surface area (Å²) in [5, 5.41) is 6.05. The largest absolute Gasteiger partial charge is 0.466 e. The first-order valence-corrected chi connectivity index (χ1v) is 7.40.